The van der Waals surface area contributed by atoms with Gasteiger partial charge in [-0.1, -0.05) is 0 Å². The molecule has 0 bridgehead atoms. The number of nitrogens with two attached hydrogens (primary N) is 1. The molecule has 0 aliphatic heterocycles. The zero-order chi connectivity index (χ0) is 6.73. The number of carboxylic acids is 1. The summed E-state index contributed by atoms with van der Waals surface area (Å²) in [6.45, 7) is -1.73. The van der Waals surface area contributed by atoms with E-state index in [1.807, 2.05) is 0 Å². The van der Waals surface area contributed by atoms with Crippen LogP contribution in [0.1, 0.15) is 1.37 Å². The monoisotopic (exact) mass is 106 g/mol. The molecule has 0 amide bonds. The number of rotatable bonds is 2. The number of aliphatic hydroxyl groups is 1. The third-order valence-corrected chi connectivity index (χ3v) is 0.446. The molecule has 0 heterocycles. The van der Waals surface area contributed by atoms with Gasteiger partial charge in [-0.3, -0.25) is 4.79 Å². The molecule has 7 heavy (non-hydrogen) atoms. The maximum atomic E-state index is 9.74. The van der Waals surface area contributed by atoms with Gasteiger partial charge in [-0.2, -0.15) is 0 Å². The molecular formula is C3H7NO3. The first kappa shape index (κ1) is 4.55. The van der Waals surface area contributed by atoms with Crippen LogP contribution in [0.5, 0.6) is 0 Å². The predicted molar refractivity (Wildman–Crippen MR) is 22.7 cm³/mol. The molecule has 0 radical (unpaired) electrons. The van der Waals surface area contributed by atoms with Gasteiger partial charge >= 0.3 is 5.97 Å². The lowest BCUT2D eigenvalue weighted by molar-refractivity contribution is -0.139. The van der Waals surface area contributed by atoms with Crippen LogP contribution in [0.4, 0.5) is 0 Å². The second-order valence-corrected chi connectivity index (χ2v) is 1.01. The SMILES string of the molecule is [2H]C(O)[C@H](N)C(=O)O. The molecule has 0 aliphatic rings. The minimum Gasteiger partial charge on any atom is -0.480 e. The Morgan fingerprint density at radius 2 is 2.57 bits per heavy atom. The third kappa shape index (κ3) is 2.13. The summed E-state index contributed by atoms with van der Waals surface area (Å²) in [4.78, 5) is 9.74. The van der Waals surface area contributed by atoms with Gasteiger partial charge in [0.05, 0.1) is 7.95 Å². The molecule has 4 N–H and O–H groups in total. The van der Waals surface area contributed by atoms with Crippen LogP contribution in [-0.4, -0.2) is 28.8 Å². The van der Waals surface area contributed by atoms with Crippen molar-refractivity contribution >= 4 is 5.97 Å². The molecule has 0 saturated carbocycles. The van der Waals surface area contributed by atoms with E-state index in [0.29, 0.717) is 0 Å². The molecule has 0 aromatic heterocycles. The number of aliphatic hydroxyl groups excluding tert-OH is 1. The van der Waals surface area contributed by atoms with E-state index in [-0.39, 0.29) is 0 Å². The van der Waals surface area contributed by atoms with E-state index in [4.69, 9.17) is 17.3 Å². The van der Waals surface area contributed by atoms with E-state index in [9.17, 15) is 4.79 Å². The molecule has 2 atom stereocenters. The second-order valence-electron chi connectivity index (χ2n) is 1.01. The van der Waals surface area contributed by atoms with Gasteiger partial charge in [-0.15, -0.1) is 0 Å². The quantitative estimate of drug-likeness (QED) is 0.395. The minimum atomic E-state index is -1.73. The summed E-state index contributed by atoms with van der Waals surface area (Å²) in [7, 11) is 0. The summed E-state index contributed by atoms with van der Waals surface area (Å²) in [5.74, 6) is -1.37. The highest BCUT2D eigenvalue weighted by atomic mass is 16.4. The Bertz CT molecular complexity index is 94.5. The van der Waals surface area contributed by atoms with E-state index >= 15 is 0 Å². The smallest absolute Gasteiger partial charge is 0.322 e. The van der Waals surface area contributed by atoms with Crippen molar-refractivity contribution in [1.82, 2.24) is 0 Å². The highest BCUT2D eigenvalue weighted by Crippen LogP contribution is 1.71. The van der Waals surface area contributed by atoms with E-state index in [1.54, 1.807) is 0 Å². The molecular weight excluding hydrogens is 98.0 g/mol. The van der Waals surface area contributed by atoms with Crippen molar-refractivity contribution in [2.75, 3.05) is 6.58 Å². The molecule has 0 saturated heterocycles. The molecule has 0 fully saturated rings. The van der Waals surface area contributed by atoms with Crippen LogP contribution in [-0.2, 0) is 4.79 Å². The van der Waals surface area contributed by atoms with Crippen molar-refractivity contribution in [3.8, 4) is 0 Å². The fourth-order valence-corrected chi connectivity index (χ4v) is 0.0638. The molecule has 42 valence electrons. The van der Waals surface area contributed by atoms with Crippen LogP contribution < -0.4 is 5.73 Å². The average molecular weight is 106 g/mol. The van der Waals surface area contributed by atoms with E-state index < -0.39 is 18.6 Å². The summed E-state index contributed by atoms with van der Waals surface area (Å²) >= 11 is 0. The van der Waals surface area contributed by atoms with Crippen LogP contribution in [0.15, 0.2) is 0 Å². The van der Waals surface area contributed by atoms with Crippen molar-refractivity contribution in [2.45, 2.75) is 6.04 Å². The Balaban J connectivity index is 3.64. The Hall–Kier alpha value is -0.610. The van der Waals surface area contributed by atoms with E-state index in [1.165, 1.54) is 0 Å². The lowest BCUT2D eigenvalue weighted by Crippen LogP contribution is -2.33. The largest absolute Gasteiger partial charge is 0.480 e. The van der Waals surface area contributed by atoms with Crippen molar-refractivity contribution in [2.24, 2.45) is 5.73 Å². The average Bonchev–Trinajstić information content (AvgIpc) is 1.64. The fourth-order valence-electron chi connectivity index (χ4n) is 0.0638. The van der Waals surface area contributed by atoms with E-state index in [0.717, 1.165) is 0 Å². The topological polar surface area (TPSA) is 83.5 Å². The lowest BCUT2D eigenvalue weighted by atomic mass is 10.3. The summed E-state index contributed by atoms with van der Waals surface area (Å²) in [6, 6.07) is -1.49. The van der Waals surface area contributed by atoms with Crippen LogP contribution in [0.2, 0.25) is 0 Å². The first-order valence-electron chi connectivity index (χ1n) is 2.22. The van der Waals surface area contributed by atoms with Crippen molar-refractivity contribution < 1.29 is 16.4 Å². The van der Waals surface area contributed by atoms with Crippen LogP contribution in [0.25, 0.3) is 0 Å². The van der Waals surface area contributed by atoms with Gasteiger partial charge in [0.2, 0.25) is 0 Å². The van der Waals surface area contributed by atoms with Crippen molar-refractivity contribution in [3.63, 3.8) is 0 Å². The van der Waals surface area contributed by atoms with Gasteiger partial charge < -0.3 is 15.9 Å². The highest BCUT2D eigenvalue weighted by Gasteiger charge is 2.06. The second kappa shape index (κ2) is 2.54. The first-order chi connectivity index (χ1) is 3.55. The zero-order valence-electron chi connectivity index (χ0n) is 4.53. The Kier molecular flexibility index (Phi) is 1.65. The third-order valence-electron chi connectivity index (χ3n) is 0.446. The highest BCUT2D eigenvalue weighted by molar-refractivity contribution is 5.73. The Morgan fingerprint density at radius 1 is 2.14 bits per heavy atom. The number of carbonyl (C=O) groups is 1. The van der Waals surface area contributed by atoms with E-state index in [2.05, 4.69) is 0 Å². The van der Waals surface area contributed by atoms with Crippen LogP contribution >= 0.6 is 0 Å². The Morgan fingerprint density at radius 3 is 2.57 bits per heavy atom. The van der Waals surface area contributed by atoms with Crippen LogP contribution in [0, 0.1) is 0 Å². The number of aliphatic carboxylic acids is 1. The Labute approximate surface area is 42.0 Å². The standard InChI is InChI=1S/C3H7NO3/c4-2(1-5)3(6)7/h2,5H,1,4H2,(H,6,7)/t2-/m0/s1/i1D/t1?,2-. The molecule has 4 nitrogen and oxygen atoms in total. The molecule has 0 aliphatic carbocycles. The van der Waals surface area contributed by atoms with Gasteiger partial charge in [0, 0.05) is 0 Å². The lowest BCUT2D eigenvalue weighted by Gasteiger charge is -1.96. The molecule has 0 aromatic rings. The minimum absolute atomic E-state index is 1.37. The number of carboxylic acid groups (broad SMARTS) is 1. The summed E-state index contributed by atoms with van der Waals surface area (Å²) in [5.41, 5.74) is 4.72. The van der Waals surface area contributed by atoms with Gasteiger partial charge in [0.1, 0.15) is 6.04 Å². The zero-order valence-corrected chi connectivity index (χ0v) is 3.53. The number of hydrogen-bond acceptors (Lipinski definition) is 3. The molecule has 0 rings (SSSR count). The molecule has 0 spiro atoms. The first-order valence-corrected chi connectivity index (χ1v) is 1.64. The summed E-state index contributed by atoms with van der Waals surface area (Å²) < 4.78 is 6.36. The van der Waals surface area contributed by atoms with Gasteiger partial charge in [-0.25, -0.2) is 0 Å². The molecule has 1 unspecified atom stereocenters. The predicted octanol–water partition coefficient (Wildman–Crippen LogP) is -1.61. The van der Waals surface area contributed by atoms with Gasteiger partial charge in [0.25, 0.3) is 0 Å². The maximum Gasteiger partial charge on any atom is 0.322 e. The molecule has 0 aromatic carbocycles. The number of hydrogen-bond donors (Lipinski definition) is 3. The van der Waals surface area contributed by atoms with Gasteiger partial charge in [0.15, 0.2) is 0 Å². The van der Waals surface area contributed by atoms with Crippen LogP contribution in [0.3, 0.4) is 0 Å². The summed E-state index contributed by atoms with van der Waals surface area (Å²) in [6.07, 6.45) is 0. The fraction of sp³-hybridized carbons (Fsp3) is 0.667. The summed E-state index contributed by atoms with van der Waals surface area (Å²) in [5, 5.41) is 16.1. The maximum absolute atomic E-state index is 9.74. The van der Waals surface area contributed by atoms with Gasteiger partial charge in [-0.05, 0) is 0 Å². The van der Waals surface area contributed by atoms with Crippen molar-refractivity contribution in [3.05, 3.63) is 0 Å². The molecule has 4 heteroatoms. The normalized spacial score (nSPS) is 20.0. The van der Waals surface area contributed by atoms with Crippen molar-refractivity contribution in [1.29, 1.82) is 0 Å².